The molecule has 118 valence electrons. The van der Waals surface area contributed by atoms with Crippen molar-refractivity contribution < 1.29 is 9.32 Å². The van der Waals surface area contributed by atoms with Gasteiger partial charge in [-0.15, -0.1) is 11.3 Å². The molecule has 4 heterocycles. The Balaban J connectivity index is 1.43. The Bertz CT molecular complexity index is 819. The molecule has 1 aliphatic rings. The Kier molecular flexibility index (Phi) is 3.70. The lowest BCUT2D eigenvalue weighted by Crippen LogP contribution is -2.24. The Labute approximate surface area is 137 Å². The van der Waals surface area contributed by atoms with Gasteiger partial charge in [0.1, 0.15) is 0 Å². The average molecular weight is 328 g/mol. The maximum atomic E-state index is 12.2. The maximum Gasteiger partial charge on any atom is 0.273 e. The molecular weight excluding hydrogens is 312 g/mol. The number of nitrogens with one attached hydrogen (secondary N) is 1. The molecule has 4 rings (SSSR count). The number of thiophene rings is 1. The van der Waals surface area contributed by atoms with E-state index in [1.54, 1.807) is 17.4 Å². The number of carbonyl (C=O) groups excluding carboxylic acids is 1. The van der Waals surface area contributed by atoms with Crippen LogP contribution in [0.5, 0.6) is 0 Å². The van der Waals surface area contributed by atoms with Crippen LogP contribution >= 0.6 is 11.3 Å². The van der Waals surface area contributed by atoms with Gasteiger partial charge in [0.15, 0.2) is 11.5 Å². The first kappa shape index (κ1) is 14.2. The number of amides is 1. The molecule has 0 saturated carbocycles. The summed E-state index contributed by atoms with van der Waals surface area (Å²) in [5.41, 5.74) is 2.62. The van der Waals surface area contributed by atoms with E-state index in [4.69, 9.17) is 4.52 Å². The lowest BCUT2D eigenvalue weighted by molar-refractivity contribution is 0.0942. The van der Waals surface area contributed by atoms with Crippen LogP contribution in [0.3, 0.4) is 0 Å². The van der Waals surface area contributed by atoms with Gasteiger partial charge in [-0.1, -0.05) is 11.2 Å². The second-order valence-corrected chi connectivity index (χ2v) is 6.48. The fraction of sp³-hybridized carbons (Fsp3) is 0.312. The molecule has 1 amide bonds. The van der Waals surface area contributed by atoms with Crippen molar-refractivity contribution in [2.45, 2.75) is 32.4 Å². The highest BCUT2D eigenvalue weighted by molar-refractivity contribution is 7.13. The monoisotopic (exact) mass is 328 g/mol. The summed E-state index contributed by atoms with van der Waals surface area (Å²) < 4.78 is 7.28. The van der Waals surface area contributed by atoms with Crippen molar-refractivity contribution in [1.82, 2.24) is 20.3 Å². The first-order chi connectivity index (χ1) is 11.3. The van der Waals surface area contributed by atoms with Gasteiger partial charge in [-0.2, -0.15) is 5.10 Å². The number of hydrogen-bond donors (Lipinski definition) is 1. The molecule has 0 radical (unpaired) electrons. The number of rotatable bonds is 4. The van der Waals surface area contributed by atoms with Crippen LogP contribution in [-0.4, -0.2) is 20.8 Å². The summed E-state index contributed by atoms with van der Waals surface area (Å²) in [5, 5.41) is 13.1. The third-order valence-corrected chi connectivity index (χ3v) is 4.90. The van der Waals surface area contributed by atoms with E-state index in [0.717, 1.165) is 23.4 Å². The molecule has 0 aliphatic carbocycles. The van der Waals surface area contributed by atoms with E-state index >= 15 is 0 Å². The largest absolute Gasteiger partial charge is 0.355 e. The van der Waals surface area contributed by atoms with Crippen LogP contribution in [-0.2, 0) is 19.5 Å². The topological polar surface area (TPSA) is 73.0 Å². The van der Waals surface area contributed by atoms with E-state index in [1.807, 2.05) is 28.4 Å². The summed E-state index contributed by atoms with van der Waals surface area (Å²) >= 11 is 1.55. The smallest absolute Gasteiger partial charge is 0.273 e. The van der Waals surface area contributed by atoms with Crippen molar-refractivity contribution >= 4 is 17.2 Å². The molecule has 0 spiro atoms. The highest BCUT2D eigenvalue weighted by Crippen LogP contribution is 2.25. The Hall–Kier alpha value is -2.41. The molecule has 1 aliphatic heterocycles. The summed E-state index contributed by atoms with van der Waals surface area (Å²) in [5.74, 6) is 0.389. The van der Waals surface area contributed by atoms with Gasteiger partial charge < -0.3 is 9.84 Å². The molecule has 0 aromatic carbocycles. The zero-order valence-corrected chi connectivity index (χ0v) is 13.3. The first-order valence-electron chi connectivity index (χ1n) is 7.63. The second kappa shape index (κ2) is 6.00. The van der Waals surface area contributed by atoms with Crippen molar-refractivity contribution in [3.8, 4) is 10.6 Å². The van der Waals surface area contributed by atoms with Gasteiger partial charge >= 0.3 is 0 Å². The number of fused-ring (bicyclic) bond motifs is 1. The number of aryl methyl sites for hydroxylation is 1. The molecule has 0 saturated heterocycles. The molecule has 0 fully saturated rings. The molecule has 0 bridgehead atoms. The first-order valence-corrected chi connectivity index (χ1v) is 8.51. The summed E-state index contributed by atoms with van der Waals surface area (Å²) in [4.78, 5) is 13.2. The summed E-state index contributed by atoms with van der Waals surface area (Å²) in [6.45, 7) is 1.44. The molecule has 6 nitrogen and oxygen atoms in total. The van der Waals surface area contributed by atoms with E-state index in [-0.39, 0.29) is 5.91 Å². The fourth-order valence-corrected chi connectivity index (χ4v) is 3.49. The number of nitrogens with zero attached hydrogens (tertiary/aromatic N) is 3. The van der Waals surface area contributed by atoms with E-state index in [1.165, 1.54) is 18.5 Å². The molecular formula is C16H16N4O2S. The molecule has 1 N–H and O–H groups in total. The number of hydrogen-bond acceptors (Lipinski definition) is 5. The van der Waals surface area contributed by atoms with E-state index in [2.05, 4.69) is 15.6 Å². The lowest BCUT2D eigenvalue weighted by atomic mass is 10.1. The number of carbonyl (C=O) groups is 1. The third kappa shape index (κ3) is 2.79. The van der Waals surface area contributed by atoms with E-state index in [0.29, 0.717) is 18.0 Å². The minimum atomic E-state index is -0.229. The predicted molar refractivity (Wildman–Crippen MR) is 86.2 cm³/mol. The van der Waals surface area contributed by atoms with Gasteiger partial charge in [-0.25, -0.2) is 0 Å². The van der Waals surface area contributed by atoms with Crippen LogP contribution in [0.15, 0.2) is 34.3 Å². The Morgan fingerprint density at radius 1 is 1.43 bits per heavy atom. The Morgan fingerprint density at radius 2 is 2.39 bits per heavy atom. The highest BCUT2D eigenvalue weighted by Gasteiger charge is 2.17. The van der Waals surface area contributed by atoms with Crippen molar-refractivity contribution in [3.05, 3.63) is 46.7 Å². The minimum absolute atomic E-state index is 0.229. The van der Waals surface area contributed by atoms with E-state index < -0.39 is 0 Å². The summed E-state index contributed by atoms with van der Waals surface area (Å²) in [6.07, 6.45) is 5.23. The average Bonchev–Trinajstić information content (AvgIpc) is 3.31. The van der Waals surface area contributed by atoms with Crippen molar-refractivity contribution in [3.63, 3.8) is 0 Å². The standard InChI is InChI=1S/C16H16N4O2S/c21-16(12-8-14(22-19-12)15-5-3-7-23-15)17-9-11-10-18-20-6-2-1-4-13(11)20/h3,5,7-8,10H,1-2,4,6,9H2,(H,17,21). The third-order valence-electron chi connectivity index (χ3n) is 4.01. The SMILES string of the molecule is O=C(NCc1cnn2c1CCCC2)c1cc(-c2cccs2)on1. The van der Waals surface area contributed by atoms with Crippen LogP contribution < -0.4 is 5.32 Å². The minimum Gasteiger partial charge on any atom is -0.355 e. The molecule has 0 unspecified atom stereocenters. The zero-order valence-electron chi connectivity index (χ0n) is 12.5. The lowest BCUT2D eigenvalue weighted by Gasteiger charge is -2.14. The quantitative estimate of drug-likeness (QED) is 0.799. The van der Waals surface area contributed by atoms with Gasteiger partial charge in [-0.3, -0.25) is 9.48 Å². The van der Waals surface area contributed by atoms with Crippen LogP contribution in [0.4, 0.5) is 0 Å². The molecule has 3 aromatic rings. The van der Waals surface area contributed by atoms with Gasteiger partial charge in [0.2, 0.25) is 0 Å². The normalized spacial score (nSPS) is 13.7. The van der Waals surface area contributed by atoms with Crippen LogP contribution in [0, 0.1) is 0 Å². The van der Waals surface area contributed by atoms with Crippen molar-refractivity contribution in [2.75, 3.05) is 0 Å². The maximum absolute atomic E-state index is 12.2. The number of aromatic nitrogens is 3. The van der Waals surface area contributed by atoms with Gasteiger partial charge in [0.25, 0.3) is 5.91 Å². The molecule has 3 aromatic heterocycles. The predicted octanol–water partition coefficient (Wildman–Crippen LogP) is 2.87. The van der Waals surface area contributed by atoms with Crippen LogP contribution in [0.1, 0.15) is 34.6 Å². The molecule has 23 heavy (non-hydrogen) atoms. The molecule has 7 heteroatoms. The summed E-state index contributed by atoms with van der Waals surface area (Å²) in [6, 6.07) is 5.55. The highest BCUT2D eigenvalue weighted by atomic mass is 32.1. The second-order valence-electron chi connectivity index (χ2n) is 5.53. The van der Waals surface area contributed by atoms with E-state index in [9.17, 15) is 4.79 Å². The Morgan fingerprint density at radius 3 is 3.26 bits per heavy atom. The fourth-order valence-electron chi connectivity index (χ4n) is 2.82. The van der Waals surface area contributed by atoms with Crippen LogP contribution in [0.2, 0.25) is 0 Å². The zero-order chi connectivity index (χ0) is 15.6. The van der Waals surface area contributed by atoms with Crippen molar-refractivity contribution in [1.29, 1.82) is 0 Å². The summed E-state index contributed by atoms with van der Waals surface area (Å²) in [7, 11) is 0. The van der Waals surface area contributed by atoms with Gasteiger partial charge in [0, 0.05) is 30.4 Å². The van der Waals surface area contributed by atoms with Crippen LogP contribution in [0.25, 0.3) is 10.6 Å². The molecule has 0 atom stereocenters. The van der Waals surface area contributed by atoms with Gasteiger partial charge in [0.05, 0.1) is 11.1 Å². The van der Waals surface area contributed by atoms with Crippen molar-refractivity contribution in [2.24, 2.45) is 0 Å². The van der Waals surface area contributed by atoms with Gasteiger partial charge in [-0.05, 0) is 30.7 Å².